The maximum atomic E-state index is 15.2. The fourth-order valence-electron chi connectivity index (χ4n) is 5.10. The second kappa shape index (κ2) is 10.2. The van der Waals surface area contributed by atoms with Crippen LogP contribution in [0.3, 0.4) is 0 Å². The average molecular weight is 549 g/mol. The third-order valence-electron chi connectivity index (χ3n) is 7.09. The minimum absolute atomic E-state index is 0.0209. The molecule has 2 aromatic carbocycles. The minimum atomic E-state index is -4.82. The molecular weight excluding hydrogens is 526 g/mol. The third-order valence-corrected chi connectivity index (χ3v) is 7.09. The van der Waals surface area contributed by atoms with Gasteiger partial charge in [0.2, 0.25) is 11.8 Å². The molecule has 2 aromatic rings. The van der Waals surface area contributed by atoms with Crippen LogP contribution in [0.15, 0.2) is 36.4 Å². The predicted molar refractivity (Wildman–Crippen MR) is 125 cm³/mol. The Labute approximate surface area is 219 Å². The van der Waals surface area contributed by atoms with Gasteiger partial charge in [-0.15, -0.1) is 13.2 Å². The lowest BCUT2D eigenvalue weighted by Gasteiger charge is -2.35. The molecule has 2 aliphatic heterocycles. The van der Waals surface area contributed by atoms with E-state index in [2.05, 4.69) is 15.4 Å². The topological polar surface area (TPSA) is 114 Å². The van der Waals surface area contributed by atoms with Crippen LogP contribution in [0.1, 0.15) is 58.6 Å². The first-order chi connectivity index (χ1) is 18.5. The smallest absolute Gasteiger partial charge is 0.446 e. The lowest BCUT2D eigenvalue weighted by atomic mass is 9.77. The van der Waals surface area contributed by atoms with Crippen LogP contribution in [0.4, 0.5) is 22.4 Å². The standard InChI is InChI=1S/C26H23F4N3O6/c27-22-13(5-6-14-12-33(24(36)21(14)22)18-7-8-20(34)32-23(18)35)11-31-25(37)38-16-9-15(10-16)17-3-1-2-4-19(17)39-26(28,29)30/h1-6,15-16,18H,7-12H2,(H,31,37)(H,32,34,35)/t15?,16?,18-/m0/s1. The molecule has 39 heavy (non-hydrogen) atoms. The van der Waals surface area contributed by atoms with E-state index < -0.39 is 48.1 Å². The molecule has 0 bridgehead atoms. The lowest BCUT2D eigenvalue weighted by Crippen LogP contribution is -2.52. The number of alkyl carbamates (subject to hydrolysis) is 1. The molecule has 206 valence electrons. The molecule has 13 heteroatoms. The molecule has 2 fully saturated rings. The molecule has 2 heterocycles. The van der Waals surface area contributed by atoms with Crippen LogP contribution in [0.5, 0.6) is 5.75 Å². The number of para-hydroxylation sites is 1. The van der Waals surface area contributed by atoms with Gasteiger partial charge in [0.25, 0.3) is 5.91 Å². The van der Waals surface area contributed by atoms with Crippen LogP contribution in [0.2, 0.25) is 0 Å². The molecule has 1 atom stereocenters. The van der Waals surface area contributed by atoms with Gasteiger partial charge in [0, 0.05) is 25.1 Å². The van der Waals surface area contributed by atoms with Gasteiger partial charge >= 0.3 is 12.5 Å². The zero-order chi connectivity index (χ0) is 27.9. The Kier molecular flexibility index (Phi) is 6.91. The number of benzene rings is 2. The number of alkyl halides is 3. The molecule has 0 radical (unpaired) electrons. The van der Waals surface area contributed by atoms with Crippen molar-refractivity contribution >= 4 is 23.8 Å². The predicted octanol–water partition coefficient (Wildman–Crippen LogP) is 3.66. The lowest BCUT2D eigenvalue weighted by molar-refractivity contribution is -0.275. The summed E-state index contributed by atoms with van der Waals surface area (Å²) in [7, 11) is 0. The summed E-state index contributed by atoms with van der Waals surface area (Å²) >= 11 is 0. The highest BCUT2D eigenvalue weighted by Crippen LogP contribution is 2.43. The number of imide groups is 1. The SMILES string of the molecule is O=C1CC[C@H](N2Cc3ccc(CNC(=O)OC4CC(c5ccccc5OC(F)(F)F)C4)c(F)c3C2=O)C(=O)N1. The van der Waals surface area contributed by atoms with E-state index in [1.165, 1.54) is 29.2 Å². The Bertz CT molecular complexity index is 1340. The second-order valence-corrected chi connectivity index (χ2v) is 9.61. The van der Waals surface area contributed by atoms with Gasteiger partial charge in [0.05, 0.1) is 5.56 Å². The van der Waals surface area contributed by atoms with E-state index in [-0.39, 0.29) is 48.7 Å². The van der Waals surface area contributed by atoms with Gasteiger partial charge in [0.15, 0.2) is 0 Å². The van der Waals surface area contributed by atoms with Crippen molar-refractivity contribution in [1.82, 2.24) is 15.5 Å². The van der Waals surface area contributed by atoms with Gasteiger partial charge in [-0.05, 0) is 42.4 Å². The minimum Gasteiger partial charge on any atom is -0.446 e. The largest absolute Gasteiger partial charge is 0.573 e. The van der Waals surface area contributed by atoms with Crippen LogP contribution in [-0.4, -0.2) is 47.2 Å². The van der Waals surface area contributed by atoms with Gasteiger partial charge in [-0.3, -0.25) is 19.7 Å². The van der Waals surface area contributed by atoms with Crippen LogP contribution < -0.4 is 15.4 Å². The number of carbonyl (C=O) groups excluding carboxylic acids is 4. The highest BCUT2D eigenvalue weighted by molar-refractivity contribution is 6.05. The highest BCUT2D eigenvalue weighted by Gasteiger charge is 2.41. The first-order valence-corrected chi connectivity index (χ1v) is 12.2. The van der Waals surface area contributed by atoms with E-state index >= 15 is 4.39 Å². The normalized spacial score (nSPS) is 22.6. The quantitative estimate of drug-likeness (QED) is 0.420. The van der Waals surface area contributed by atoms with Crippen LogP contribution >= 0.6 is 0 Å². The molecule has 1 saturated heterocycles. The van der Waals surface area contributed by atoms with Crippen LogP contribution in [-0.2, 0) is 27.4 Å². The van der Waals surface area contributed by atoms with Crippen molar-refractivity contribution in [3.05, 3.63) is 64.5 Å². The Hall–Kier alpha value is -4.16. The first kappa shape index (κ1) is 26.4. The zero-order valence-electron chi connectivity index (χ0n) is 20.3. The van der Waals surface area contributed by atoms with Gasteiger partial charge in [-0.2, -0.15) is 0 Å². The number of halogens is 4. The highest BCUT2D eigenvalue weighted by atomic mass is 19.4. The molecule has 0 unspecified atom stereocenters. The summed E-state index contributed by atoms with van der Waals surface area (Å²) in [5, 5.41) is 4.61. The van der Waals surface area contributed by atoms with E-state index in [9.17, 15) is 32.3 Å². The Balaban J connectivity index is 1.15. The molecular formula is C26H23F4N3O6. The van der Waals surface area contributed by atoms with Crippen molar-refractivity contribution < 1.29 is 46.2 Å². The molecule has 3 aliphatic rings. The summed E-state index contributed by atoms with van der Waals surface area (Å²) in [5.41, 5.74) is 0.609. The maximum Gasteiger partial charge on any atom is 0.573 e. The number of carbonyl (C=O) groups is 4. The van der Waals surface area contributed by atoms with E-state index in [0.29, 0.717) is 24.0 Å². The second-order valence-electron chi connectivity index (χ2n) is 9.61. The Morgan fingerprint density at radius 3 is 2.56 bits per heavy atom. The summed E-state index contributed by atoms with van der Waals surface area (Å²) in [4.78, 5) is 50.0. The third kappa shape index (κ3) is 5.52. The van der Waals surface area contributed by atoms with Gasteiger partial charge in [0.1, 0.15) is 23.7 Å². The van der Waals surface area contributed by atoms with E-state index in [0.717, 1.165) is 0 Å². The summed E-state index contributed by atoms with van der Waals surface area (Å²) < 4.78 is 62.6. The molecule has 9 nitrogen and oxygen atoms in total. The summed E-state index contributed by atoms with van der Waals surface area (Å²) in [5.74, 6) is -3.10. The molecule has 1 saturated carbocycles. The van der Waals surface area contributed by atoms with Crippen molar-refractivity contribution in [3.8, 4) is 5.75 Å². The van der Waals surface area contributed by atoms with Crippen molar-refractivity contribution in [2.24, 2.45) is 0 Å². The first-order valence-electron chi connectivity index (χ1n) is 12.2. The van der Waals surface area contributed by atoms with E-state index in [1.54, 1.807) is 12.1 Å². The van der Waals surface area contributed by atoms with E-state index in [4.69, 9.17) is 4.74 Å². The number of piperidine rings is 1. The van der Waals surface area contributed by atoms with Crippen LogP contribution in [0.25, 0.3) is 0 Å². The molecule has 0 spiro atoms. The fourth-order valence-corrected chi connectivity index (χ4v) is 5.10. The molecule has 1 aliphatic carbocycles. The number of ether oxygens (including phenoxy) is 2. The monoisotopic (exact) mass is 549 g/mol. The van der Waals surface area contributed by atoms with Gasteiger partial charge in [-0.1, -0.05) is 30.3 Å². The maximum absolute atomic E-state index is 15.2. The number of fused-ring (bicyclic) bond motifs is 1. The van der Waals surface area contributed by atoms with Crippen molar-refractivity contribution in [2.75, 3.05) is 0 Å². The number of hydrogen-bond donors (Lipinski definition) is 2. The summed E-state index contributed by atoms with van der Waals surface area (Å²) in [6.45, 7) is -0.255. The molecule has 4 amide bonds. The molecule has 0 aromatic heterocycles. The number of nitrogens with one attached hydrogen (secondary N) is 2. The zero-order valence-corrected chi connectivity index (χ0v) is 20.3. The van der Waals surface area contributed by atoms with Gasteiger partial charge in [-0.25, -0.2) is 9.18 Å². The van der Waals surface area contributed by atoms with Gasteiger partial charge < -0.3 is 19.7 Å². The summed E-state index contributed by atoms with van der Waals surface area (Å²) in [6.07, 6.45) is -5.39. The van der Waals surface area contributed by atoms with Crippen molar-refractivity contribution in [3.63, 3.8) is 0 Å². The number of rotatable bonds is 6. The van der Waals surface area contributed by atoms with Crippen molar-refractivity contribution in [2.45, 2.75) is 63.2 Å². The average Bonchev–Trinajstić information content (AvgIpc) is 3.17. The molecule has 2 N–H and O–H groups in total. The Morgan fingerprint density at radius 2 is 1.85 bits per heavy atom. The van der Waals surface area contributed by atoms with E-state index in [1.807, 2.05) is 0 Å². The van der Waals surface area contributed by atoms with Crippen molar-refractivity contribution in [1.29, 1.82) is 0 Å². The summed E-state index contributed by atoms with van der Waals surface area (Å²) in [6, 6.07) is 7.87. The number of nitrogens with zero attached hydrogens (tertiary/aromatic N) is 1. The number of hydrogen-bond acceptors (Lipinski definition) is 6. The molecule has 5 rings (SSSR count). The number of amides is 4. The van der Waals surface area contributed by atoms with Crippen LogP contribution in [0, 0.1) is 5.82 Å². The Morgan fingerprint density at radius 1 is 1.10 bits per heavy atom. The fraction of sp³-hybridized carbons (Fsp3) is 0.385.